The molecule has 5 aliphatic carbocycles. The predicted molar refractivity (Wildman–Crippen MR) is 207 cm³/mol. The van der Waals surface area contributed by atoms with Gasteiger partial charge in [-0.1, -0.05) is 72.6 Å². The molecule has 0 radical (unpaired) electrons. The average Bonchev–Trinajstić information content (AvgIpc) is 4.07. The number of hydrogen-bond acceptors (Lipinski definition) is 7. The molecule has 5 saturated carbocycles. The van der Waals surface area contributed by atoms with Gasteiger partial charge in [0.1, 0.15) is 17.6 Å². The number of piperidine rings is 1. The zero-order valence-electron chi connectivity index (χ0n) is 34.1. The summed E-state index contributed by atoms with van der Waals surface area (Å²) in [6.45, 7) is 15.8. The molecule has 6 rings (SSSR count). The third-order valence-electron chi connectivity index (χ3n) is 15.0. The number of carbonyl (C=O) groups is 5. The number of sulfone groups is 1. The number of Topliss-reactive ketones (excluding diaryl/α,β-unsaturated/α-hetero) is 1. The van der Waals surface area contributed by atoms with Crippen LogP contribution in [0.15, 0.2) is 0 Å². The Morgan fingerprint density at radius 3 is 2.00 bits per heavy atom. The molecule has 3 unspecified atom stereocenters. The van der Waals surface area contributed by atoms with E-state index in [9.17, 15) is 27.6 Å². The maximum atomic E-state index is 15.0. The van der Waals surface area contributed by atoms with E-state index in [0.717, 1.165) is 64.2 Å². The number of carbonyl (C=O) groups excluding carboxylic acids is 5. The predicted octanol–water partition coefficient (Wildman–Crippen LogP) is 4.79. The third-order valence-corrected chi connectivity index (χ3v) is 18.1. The maximum Gasteiger partial charge on any atom is 0.315 e. The van der Waals surface area contributed by atoms with Crippen molar-refractivity contribution in [1.29, 1.82) is 0 Å². The van der Waals surface area contributed by atoms with E-state index in [4.69, 9.17) is 0 Å². The van der Waals surface area contributed by atoms with Crippen molar-refractivity contribution in [3.63, 3.8) is 0 Å². The zero-order chi connectivity index (χ0) is 39.6. The molecule has 6 aliphatic rings. The minimum absolute atomic E-state index is 0.0782. The van der Waals surface area contributed by atoms with Gasteiger partial charge in [0.2, 0.25) is 17.6 Å². The standard InChI is InChI=1S/C41H67N5O7S/c1-9-27-22-41(27,32(47)34(49)42-23-26-16-17-26)44-33(48)30-29-28(38(29,6)7)24-46(30)35(50)31(39(8)18-12-10-13-19-39)43-36(51)45-40(20-14-11-15-21-40)25(2)54(52,53)37(3,4)5/h25-31H,9-24H2,1-8H3,(H,42,49)(H,44,48)(H2,43,45,51)/t25-,27+,28?,29?,30+,31+,41?/m1/s1. The van der Waals surface area contributed by atoms with Gasteiger partial charge >= 0.3 is 6.03 Å². The summed E-state index contributed by atoms with van der Waals surface area (Å²) in [6.07, 6.45) is 11.0. The van der Waals surface area contributed by atoms with Gasteiger partial charge in [0.25, 0.3) is 5.91 Å². The number of likely N-dealkylation sites (tertiary alicyclic amines) is 1. The van der Waals surface area contributed by atoms with Crippen molar-refractivity contribution in [3.05, 3.63) is 0 Å². The van der Waals surface area contributed by atoms with Gasteiger partial charge in [-0.05, 0) is 107 Å². The Kier molecular flexibility index (Phi) is 10.9. The summed E-state index contributed by atoms with van der Waals surface area (Å²) in [6, 6.07) is -2.36. The monoisotopic (exact) mass is 773 g/mol. The molecule has 1 heterocycles. The van der Waals surface area contributed by atoms with Crippen LogP contribution in [0.4, 0.5) is 4.79 Å². The molecule has 6 fully saturated rings. The smallest absolute Gasteiger partial charge is 0.315 e. The minimum atomic E-state index is -3.64. The highest BCUT2D eigenvalue weighted by Gasteiger charge is 2.71. The molecular weight excluding hydrogens is 707 g/mol. The van der Waals surface area contributed by atoms with Gasteiger partial charge in [-0.2, -0.15) is 0 Å². The van der Waals surface area contributed by atoms with Crippen LogP contribution in [0, 0.1) is 34.5 Å². The second kappa shape index (κ2) is 14.4. The summed E-state index contributed by atoms with van der Waals surface area (Å²) in [5, 5.41) is 11.2. The summed E-state index contributed by atoms with van der Waals surface area (Å²) < 4.78 is 26.6. The number of ketones is 1. The van der Waals surface area contributed by atoms with E-state index in [2.05, 4.69) is 35.1 Å². The van der Waals surface area contributed by atoms with Gasteiger partial charge in [0, 0.05) is 13.1 Å². The summed E-state index contributed by atoms with van der Waals surface area (Å²) in [7, 11) is -3.64. The molecule has 1 saturated heterocycles. The quantitative estimate of drug-likeness (QED) is 0.195. The van der Waals surface area contributed by atoms with Crippen LogP contribution < -0.4 is 21.3 Å². The van der Waals surface area contributed by atoms with Gasteiger partial charge in [-0.3, -0.25) is 19.2 Å². The van der Waals surface area contributed by atoms with Gasteiger partial charge in [-0.15, -0.1) is 0 Å². The molecule has 0 aromatic carbocycles. The second-order valence-electron chi connectivity index (χ2n) is 19.9. The largest absolute Gasteiger partial charge is 0.349 e. The van der Waals surface area contributed by atoms with Gasteiger partial charge in [0.05, 0.1) is 15.5 Å². The highest BCUT2D eigenvalue weighted by Crippen LogP contribution is 2.65. The lowest BCUT2D eigenvalue weighted by atomic mass is 9.70. The summed E-state index contributed by atoms with van der Waals surface area (Å²) >= 11 is 0. The lowest BCUT2D eigenvalue weighted by Gasteiger charge is -2.46. The molecule has 0 spiro atoms. The van der Waals surface area contributed by atoms with Crippen LogP contribution >= 0.6 is 0 Å². The SMILES string of the molecule is CC[C@H]1CC1(NC(=O)[C@@H]1C2C(CN1C(=O)[C@H](NC(=O)NC1([C@@H](C)S(=O)(=O)C(C)(C)C)CCCCC1)C1(C)CCCCC1)C2(C)C)C(=O)C(=O)NCC1CC1. The molecule has 13 heteroatoms. The van der Waals surface area contributed by atoms with Crippen LogP contribution in [-0.2, 0) is 29.0 Å². The van der Waals surface area contributed by atoms with Gasteiger partial charge in [-0.25, -0.2) is 13.2 Å². The Hall–Kier alpha value is -2.70. The molecule has 54 heavy (non-hydrogen) atoms. The summed E-state index contributed by atoms with van der Waals surface area (Å²) in [5.41, 5.74) is -3.04. The van der Waals surface area contributed by atoms with E-state index in [1.165, 1.54) is 0 Å². The number of nitrogens with one attached hydrogen (secondary N) is 4. The molecule has 4 N–H and O–H groups in total. The molecule has 5 amide bonds. The fraction of sp³-hybridized carbons (Fsp3) is 0.878. The van der Waals surface area contributed by atoms with Crippen molar-refractivity contribution in [2.75, 3.05) is 13.1 Å². The molecule has 0 aromatic heterocycles. The van der Waals surface area contributed by atoms with Crippen molar-refractivity contribution in [2.45, 2.75) is 178 Å². The molecular formula is C41H67N5O7S. The molecule has 0 bridgehead atoms. The zero-order valence-corrected chi connectivity index (χ0v) is 34.9. The summed E-state index contributed by atoms with van der Waals surface area (Å²) in [4.78, 5) is 72.1. The van der Waals surface area contributed by atoms with E-state index < -0.39 is 72.0 Å². The molecule has 7 atom stereocenters. The first-order valence-corrected chi connectivity index (χ1v) is 22.5. The molecule has 0 aromatic rings. The van der Waals surface area contributed by atoms with E-state index in [1.54, 1.807) is 32.6 Å². The van der Waals surface area contributed by atoms with Gasteiger partial charge in [0.15, 0.2) is 9.84 Å². The normalized spacial score (nSPS) is 32.0. The van der Waals surface area contributed by atoms with Crippen LogP contribution in [0.2, 0.25) is 0 Å². The number of fused-ring (bicyclic) bond motifs is 1. The fourth-order valence-electron chi connectivity index (χ4n) is 10.6. The van der Waals surface area contributed by atoms with E-state index in [1.807, 2.05) is 13.8 Å². The van der Waals surface area contributed by atoms with Gasteiger partial charge < -0.3 is 26.2 Å². The van der Waals surface area contributed by atoms with Crippen molar-refractivity contribution in [2.24, 2.45) is 34.5 Å². The maximum absolute atomic E-state index is 15.0. The number of hydrogen-bond donors (Lipinski definition) is 4. The Morgan fingerprint density at radius 2 is 1.46 bits per heavy atom. The van der Waals surface area contributed by atoms with Crippen molar-refractivity contribution in [3.8, 4) is 0 Å². The lowest BCUT2D eigenvalue weighted by molar-refractivity contribution is -0.146. The third kappa shape index (κ3) is 7.33. The van der Waals surface area contributed by atoms with Crippen LogP contribution in [0.25, 0.3) is 0 Å². The van der Waals surface area contributed by atoms with Crippen molar-refractivity contribution >= 4 is 39.4 Å². The van der Waals surface area contributed by atoms with Crippen LogP contribution in [0.1, 0.15) is 145 Å². The van der Waals surface area contributed by atoms with Crippen LogP contribution in [0.3, 0.4) is 0 Å². The first-order chi connectivity index (χ1) is 25.1. The van der Waals surface area contributed by atoms with E-state index in [-0.39, 0.29) is 29.1 Å². The average molecular weight is 774 g/mol. The highest BCUT2D eigenvalue weighted by molar-refractivity contribution is 7.93. The second-order valence-corrected chi connectivity index (χ2v) is 22.9. The lowest BCUT2D eigenvalue weighted by Crippen LogP contribution is -2.66. The van der Waals surface area contributed by atoms with Crippen LogP contribution in [0.5, 0.6) is 0 Å². The molecule has 1 aliphatic heterocycles. The van der Waals surface area contributed by atoms with Crippen molar-refractivity contribution < 1.29 is 32.4 Å². The topological polar surface area (TPSA) is 171 Å². The molecule has 304 valence electrons. The first kappa shape index (κ1) is 40.9. The number of amides is 5. The number of urea groups is 1. The van der Waals surface area contributed by atoms with Crippen LogP contribution in [-0.4, -0.2) is 89.1 Å². The number of rotatable bonds is 13. The summed E-state index contributed by atoms with van der Waals surface area (Å²) in [5.74, 6) is -1.82. The minimum Gasteiger partial charge on any atom is -0.349 e. The first-order valence-electron chi connectivity index (χ1n) is 20.9. The Morgan fingerprint density at radius 1 is 0.870 bits per heavy atom. The Bertz CT molecular complexity index is 1620. The highest BCUT2D eigenvalue weighted by atomic mass is 32.2. The Balaban J connectivity index is 1.25. The van der Waals surface area contributed by atoms with E-state index >= 15 is 4.79 Å². The van der Waals surface area contributed by atoms with Crippen molar-refractivity contribution in [1.82, 2.24) is 26.2 Å². The Labute approximate surface area is 323 Å². The van der Waals surface area contributed by atoms with E-state index in [0.29, 0.717) is 44.7 Å². The number of nitrogens with zero attached hydrogens (tertiary/aromatic N) is 1. The fourth-order valence-corrected chi connectivity index (χ4v) is 12.6. The molecule has 12 nitrogen and oxygen atoms in total.